The lowest BCUT2D eigenvalue weighted by Crippen LogP contribution is -2.41. The Morgan fingerprint density at radius 3 is 2.22 bits per heavy atom. The highest BCUT2D eigenvalue weighted by Gasteiger charge is 2.52. The first kappa shape index (κ1) is 18.3. The number of rotatable bonds is 4. The van der Waals surface area contributed by atoms with Crippen molar-refractivity contribution in [3.8, 4) is 0 Å². The fourth-order valence-electron chi connectivity index (χ4n) is 2.18. The zero-order valence-corrected chi connectivity index (χ0v) is 15.5. The standard InChI is InChI=1S/C15H21BClNO4S/c1-7-23(19,20)18(6)12-10-8-9-11(13(12)17)16-21-14(2,3)15(4,5)22-16/h7-10H,1H2,2-6H3. The molecule has 0 atom stereocenters. The van der Waals surface area contributed by atoms with Crippen molar-refractivity contribution < 1.29 is 17.7 Å². The maximum Gasteiger partial charge on any atom is 0.496 e. The number of nitrogens with zero attached hydrogens (tertiary/aromatic N) is 1. The number of hydrogen-bond acceptors (Lipinski definition) is 4. The van der Waals surface area contributed by atoms with Crippen molar-refractivity contribution in [1.29, 1.82) is 0 Å². The maximum absolute atomic E-state index is 12.0. The molecular formula is C15H21BClNO4S. The average molecular weight is 358 g/mol. The van der Waals surface area contributed by atoms with Crippen LogP contribution in [0.4, 0.5) is 5.69 Å². The summed E-state index contributed by atoms with van der Waals surface area (Å²) in [5.74, 6) is 0. The normalized spacial score (nSPS) is 19.7. The van der Waals surface area contributed by atoms with Crippen molar-refractivity contribution >= 4 is 39.9 Å². The molecule has 1 aliphatic rings. The number of benzene rings is 1. The molecule has 0 spiro atoms. The molecule has 5 nitrogen and oxygen atoms in total. The quantitative estimate of drug-likeness (QED) is 0.777. The van der Waals surface area contributed by atoms with Crippen molar-refractivity contribution in [3.63, 3.8) is 0 Å². The molecule has 0 amide bonds. The lowest BCUT2D eigenvalue weighted by atomic mass is 9.79. The molecule has 126 valence electrons. The van der Waals surface area contributed by atoms with Crippen molar-refractivity contribution in [2.45, 2.75) is 38.9 Å². The Kier molecular flexibility index (Phi) is 4.63. The molecule has 0 saturated carbocycles. The Morgan fingerprint density at radius 1 is 1.22 bits per heavy atom. The monoisotopic (exact) mass is 357 g/mol. The van der Waals surface area contributed by atoms with Crippen LogP contribution in [0.2, 0.25) is 5.02 Å². The molecule has 0 aliphatic carbocycles. The predicted molar refractivity (Wildman–Crippen MR) is 94.7 cm³/mol. The van der Waals surface area contributed by atoms with Crippen molar-refractivity contribution in [2.75, 3.05) is 11.4 Å². The highest BCUT2D eigenvalue weighted by molar-refractivity contribution is 7.95. The third-order valence-electron chi connectivity index (χ3n) is 4.45. The van der Waals surface area contributed by atoms with Gasteiger partial charge in [-0.2, -0.15) is 0 Å². The summed E-state index contributed by atoms with van der Waals surface area (Å²) in [6.45, 7) is 11.1. The van der Waals surface area contributed by atoms with E-state index in [1.54, 1.807) is 18.2 Å². The Hall–Kier alpha value is -1.02. The van der Waals surface area contributed by atoms with E-state index in [1.165, 1.54) is 7.05 Å². The summed E-state index contributed by atoms with van der Waals surface area (Å²) >= 11 is 6.43. The van der Waals surface area contributed by atoms with Crippen molar-refractivity contribution in [3.05, 3.63) is 35.2 Å². The summed E-state index contributed by atoms with van der Waals surface area (Å²) in [5.41, 5.74) is -0.0701. The van der Waals surface area contributed by atoms with Gasteiger partial charge in [0.15, 0.2) is 0 Å². The van der Waals surface area contributed by atoms with Crippen LogP contribution >= 0.6 is 11.6 Å². The Balaban J connectivity index is 2.45. The molecule has 1 aromatic carbocycles. The maximum atomic E-state index is 12.0. The molecule has 23 heavy (non-hydrogen) atoms. The minimum atomic E-state index is -3.63. The largest absolute Gasteiger partial charge is 0.496 e. The van der Waals surface area contributed by atoms with E-state index < -0.39 is 28.3 Å². The van der Waals surface area contributed by atoms with Gasteiger partial charge >= 0.3 is 7.12 Å². The van der Waals surface area contributed by atoms with Crippen LogP contribution in [0.5, 0.6) is 0 Å². The SMILES string of the molecule is C=CS(=O)(=O)N(C)c1cccc(B2OC(C)(C)C(C)(C)O2)c1Cl. The van der Waals surface area contributed by atoms with Gasteiger partial charge < -0.3 is 9.31 Å². The van der Waals surface area contributed by atoms with E-state index >= 15 is 0 Å². The molecule has 1 aromatic rings. The molecule has 0 unspecified atom stereocenters. The van der Waals surface area contributed by atoms with Crippen LogP contribution in [-0.2, 0) is 19.3 Å². The molecular weight excluding hydrogens is 336 g/mol. The Bertz CT molecular complexity index is 717. The van der Waals surface area contributed by atoms with Crippen molar-refractivity contribution in [2.24, 2.45) is 0 Å². The molecule has 8 heteroatoms. The highest BCUT2D eigenvalue weighted by Crippen LogP contribution is 2.37. The van der Waals surface area contributed by atoms with Gasteiger partial charge in [-0.25, -0.2) is 8.42 Å². The zero-order valence-electron chi connectivity index (χ0n) is 14.0. The molecule has 0 radical (unpaired) electrons. The van der Waals surface area contributed by atoms with E-state index in [4.69, 9.17) is 20.9 Å². The highest BCUT2D eigenvalue weighted by atomic mass is 35.5. The number of hydrogen-bond donors (Lipinski definition) is 0. The molecule has 0 aromatic heterocycles. The molecule has 0 N–H and O–H groups in total. The van der Waals surface area contributed by atoms with Crippen LogP contribution in [0.3, 0.4) is 0 Å². The van der Waals surface area contributed by atoms with Gasteiger partial charge in [0.25, 0.3) is 10.0 Å². The van der Waals surface area contributed by atoms with E-state index in [0.717, 1.165) is 9.71 Å². The minimum Gasteiger partial charge on any atom is -0.399 e. The van der Waals surface area contributed by atoms with Crippen LogP contribution in [0, 0.1) is 0 Å². The third-order valence-corrected chi connectivity index (χ3v) is 6.24. The van der Waals surface area contributed by atoms with E-state index in [0.29, 0.717) is 11.2 Å². The first-order valence-corrected chi connectivity index (χ1v) is 9.06. The van der Waals surface area contributed by atoms with Gasteiger partial charge in [0.2, 0.25) is 0 Å². The van der Waals surface area contributed by atoms with Gasteiger partial charge in [-0.3, -0.25) is 4.31 Å². The molecule has 1 aliphatic heterocycles. The van der Waals surface area contributed by atoms with Crippen LogP contribution in [0.1, 0.15) is 27.7 Å². The van der Waals surface area contributed by atoms with Crippen LogP contribution in [0.15, 0.2) is 30.2 Å². The summed E-state index contributed by atoms with van der Waals surface area (Å²) in [5, 5.41) is 1.16. The third kappa shape index (κ3) is 3.15. The minimum absolute atomic E-state index is 0.277. The second-order valence-electron chi connectivity index (χ2n) is 6.45. The van der Waals surface area contributed by atoms with E-state index in [2.05, 4.69) is 6.58 Å². The second kappa shape index (κ2) is 5.81. The van der Waals surface area contributed by atoms with Gasteiger partial charge in [0, 0.05) is 17.9 Å². The first-order valence-electron chi connectivity index (χ1n) is 7.18. The number of anilines is 1. The zero-order chi connectivity index (χ0) is 17.6. The summed E-state index contributed by atoms with van der Waals surface area (Å²) in [6.07, 6.45) is 0. The van der Waals surface area contributed by atoms with E-state index in [1.807, 2.05) is 27.7 Å². The molecule has 2 rings (SSSR count). The molecule has 1 fully saturated rings. The van der Waals surface area contributed by atoms with Crippen LogP contribution < -0.4 is 9.77 Å². The van der Waals surface area contributed by atoms with E-state index in [-0.39, 0.29) is 5.02 Å². The van der Waals surface area contributed by atoms with E-state index in [9.17, 15) is 8.42 Å². The smallest absolute Gasteiger partial charge is 0.399 e. The molecule has 1 saturated heterocycles. The molecule has 1 heterocycles. The Morgan fingerprint density at radius 2 is 1.74 bits per heavy atom. The van der Waals surface area contributed by atoms with Crippen molar-refractivity contribution in [1.82, 2.24) is 0 Å². The van der Waals surface area contributed by atoms with Gasteiger partial charge in [0.05, 0.1) is 21.9 Å². The summed E-state index contributed by atoms with van der Waals surface area (Å²) < 4.78 is 37.0. The van der Waals surface area contributed by atoms with Gasteiger partial charge in [0.1, 0.15) is 0 Å². The summed E-state index contributed by atoms with van der Waals surface area (Å²) in [7, 11) is -2.87. The Labute approximate surface area is 143 Å². The fourth-order valence-corrected chi connectivity index (χ4v) is 3.22. The van der Waals surface area contributed by atoms with Gasteiger partial charge in [-0.15, -0.1) is 0 Å². The van der Waals surface area contributed by atoms with Crippen LogP contribution in [0.25, 0.3) is 0 Å². The second-order valence-corrected chi connectivity index (χ2v) is 8.74. The molecule has 0 bridgehead atoms. The average Bonchev–Trinajstić information content (AvgIpc) is 2.66. The predicted octanol–water partition coefficient (Wildman–Crippen LogP) is 2.55. The lowest BCUT2D eigenvalue weighted by Gasteiger charge is -2.32. The summed E-state index contributed by atoms with van der Waals surface area (Å²) in [4.78, 5) is 0. The fraction of sp³-hybridized carbons (Fsp3) is 0.467. The van der Waals surface area contributed by atoms with Gasteiger partial charge in [-0.1, -0.05) is 30.3 Å². The van der Waals surface area contributed by atoms with Gasteiger partial charge in [-0.05, 0) is 33.8 Å². The topological polar surface area (TPSA) is 55.8 Å². The van der Waals surface area contributed by atoms with Crippen LogP contribution in [-0.4, -0.2) is 33.8 Å². The number of sulfonamides is 1. The number of halogens is 1. The lowest BCUT2D eigenvalue weighted by molar-refractivity contribution is 0.00578. The summed E-state index contributed by atoms with van der Waals surface area (Å²) in [6, 6.07) is 5.11. The first-order chi connectivity index (χ1) is 10.4.